The standard InChI is InChI=1S/C17H12FNO2/c18-15-6-1-13(2-7-15)3-10-17(20)14-4-8-16(9-5-14)21-12-11-19/h1-10H,12H2. The minimum Gasteiger partial charge on any atom is -0.479 e. The van der Waals surface area contributed by atoms with E-state index in [1.54, 1.807) is 42.5 Å². The quantitative estimate of drug-likeness (QED) is 0.621. The molecule has 2 aromatic rings. The van der Waals surface area contributed by atoms with E-state index in [1.807, 2.05) is 6.07 Å². The zero-order chi connectivity index (χ0) is 15.1. The Kier molecular flexibility index (Phi) is 4.84. The molecule has 0 radical (unpaired) electrons. The highest BCUT2D eigenvalue weighted by atomic mass is 19.1. The molecule has 0 saturated carbocycles. The molecule has 2 aromatic carbocycles. The van der Waals surface area contributed by atoms with Crippen LogP contribution in [0.3, 0.4) is 0 Å². The Balaban J connectivity index is 2.03. The average molecular weight is 281 g/mol. The van der Waals surface area contributed by atoms with Gasteiger partial charge in [0.25, 0.3) is 0 Å². The molecule has 0 aliphatic heterocycles. The minimum absolute atomic E-state index is 0.0300. The second kappa shape index (κ2) is 7.01. The van der Waals surface area contributed by atoms with Gasteiger partial charge < -0.3 is 4.74 Å². The van der Waals surface area contributed by atoms with Crippen LogP contribution in [0.2, 0.25) is 0 Å². The Morgan fingerprint density at radius 2 is 1.81 bits per heavy atom. The Hall–Kier alpha value is -2.93. The van der Waals surface area contributed by atoms with Crippen molar-refractivity contribution >= 4 is 11.9 Å². The molecule has 0 aromatic heterocycles. The number of hydrogen-bond acceptors (Lipinski definition) is 3. The predicted octanol–water partition coefficient (Wildman–Crippen LogP) is 3.62. The van der Waals surface area contributed by atoms with E-state index in [4.69, 9.17) is 10.00 Å². The number of carbonyl (C=O) groups is 1. The van der Waals surface area contributed by atoms with Crippen molar-refractivity contribution in [3.8, 4) is 11.8 Å². The SMILES string of the molecule is N#CCOc1ccc(C(=O)C=Cc2ccc(F)cc2)cc1. The van der Waals surface area contributed by atoms with Crippen molar-refractivity contribution in [2.45, 2.75) is 0 Å². The number of halogens is 1. The molecular weight excluding hydrogens is 269 g/mol. The summed E-state index contributed by atoms with van der Waals surface area (Å²) in [6.07, 6.45) is 3.06. The van der Waals surface area contributed by atoms with Crippen LogP contribution >= 0.6 is 0 Å². The molecule has 4 heteroatoms. The maximum Gasteiger partial charge on any atom is 0.185 e. The molecule has 0 amide bonds. The third kappa shape index (κ3) is 4.29. The molecule has 0 atom stereocenters. The average Bonchev–Trinajstić information content (AvgIpc) is 2.52. The van der Waals surface area contributed by atoms with Gasteiger partial charge in [0.2, 0.25) is 0 Å². The highest BCUT2D eigenvalue weighted by Gasteiger charge is 2.02. The van der Waals surface area contributed by atoms with Gasteiger partial charge in [0, 0.05) is 5.56 Å². The molecule has 0 fully saturated rings. The van der Waals surface area contributed by atoms with Gasteiger partial charge in [-0.3, -0.25) is 4.79 Å². The number of ether oxygens (including phenoxy) is 1. The first-order valence-electron chi connectivity index (χ1n) is 6.27. The number of nitrogens with zero attached hydrogens (tertiary/aromatic N) is 1. The van der Waals surface area contributed by atoms with Crippen LogP contribution in [0.25, 0.3) is 6.08 Å². The van der Waals surface area contributed by atoms with Crippen molar-refractivity contribution in [1.29, 1.82) is 5.26 Å². The largest absolute Gasteiger partial charge is 0.479 e. The van der Waals surface area contributed by atoms with Crippen LogP contribution in [0.4, 0.5) is 4.39 Å². The van der Waals surface area contributed by atoms with Crippen LogP contribution in [0.1, 0.15) is 15.9 Å². The molecule has 3 nitrogen and oxygen atoms in total. The Labute approximate surface area is 121 Å². The lowest BCUT2D eigenvalue weighted by molar-refractivity contribution is 0.104. The summed E-state index contributed by atoms with van der Waals surface area (Å²) in [5.41, 5.74) is 1.26. The lowest BCUT2D eigenvalue weighted by Gasteiger charge is -2.01. The van der Waals surface area contributed by atoms with Gasteiger partial charge in [0.15, 0.2) is 12.4 Å². The third-order valence-corrected chi connectivity index (χ3v) is 2.74. The summed E-state index contributed by atoms with van der Waals surface area (Å²) >= 11 is 0. The minimum atomic E-state index is -0.313. The van der Waals surface area contributed by atoms with E-state index in [9.17, 15) is 9.18 Å². The monoisotopic (exact) mass is 281 g/mol. The van der Waals surface area contributed by atoms with Crippen molar-refractivity contribution in [1.82, 2.24) is 0 Å². The molecule has 21 heavy (non-hydrogen) atoms. The summed E-state index contributed by atoms with van der Waals surface area (Å²) in [4.78, 5) is 12.0. The van der Waals surface area contributed by atoms with Crippen LogP contribution in [0.5, 0.6) is 5.75 Å². The normalized spacial score (nSPS) is 10.3. The third-order valence-electron chi connectivity index (χ3n) is 2.74. The van der Waals surface area contributed by atoms with Crippen LogP contribution < -0.4 is 4.74 Å². The van der Waals surface area contributed by atoms with Gasteiger partial charge in [-0.2, -0.15) is 5.26 Å². The fraction of sp³-hybridized carbons (Fsp3) is 0.0588. The zero-order valence-electron chi connectivity index (χ0n) is 11.1. The topological polar surface area (TPSA) is 50.1 Å². The maximum absolute atomic E-state index is 12.8. The summed E-state index contributed by atoms with van der Waals surface area (Å²) in [6.45, 7) is -0.0300. The molecule has 0 heterocycles. The number of ketones is 1. The Bertz CT molecular complexity index is 682. The van der Waals surface area contributed by atoms with Gasteiger partial charge in [-0.05, 0) is 48.0 Å². The van der Waals surface area contributed by atoms with Gasteiger partial charge in [-0.15, -0.1) is 0 Å². The molecule has 2 rings (SSSR count). The highest BCUT2D eigenvalue weighted by Crippen LogP contribution is 2.13. The molecule has 0 saturated heterocycles. The molecule has 104 valence electrons. The van der Waals surface area contributed by atoms with Gasteiger partial charge >= 0.3 is 0 Å². The van der Waals surface area contributed by atoms with Gasteiger partial charge in [-0.25, -0.2) is 4.39 Å². The van der Waals surface area contributed by atoms with Crippen molar-refractivity contribution in [3.05, 3.63) is 71.6 Å². The van der Waals surface area contributed by atoms with Crippen molar-refractivity contribution in [3.63, 3.8) is 0 Å². The number of rotatable bonds is 5. The van der Waals surface area contributed by atoms with E-state index < -0.39 is 0 Å². The molecule has 0 bridgehead atoms. The predicted molar refractivity (Wildman–Crippen MR) is 77.3 cm³/mol. The van der Waals surface area contributed by atoms with E-state index in [2.05, 4.69) is 0 Å². The maximum atomic E-state index is 12.8. The Morgan fingerprint density at radius 1 is 1.14 bits per heavy atom. The first kappa shape index (κ1) is 14.5. The van der Waals surface area contributed by atoms with E-state index in [-0.39, 0.29) is 18.2 Å². The number of benzene rings is 2. The molecule has 0 aliphatic carbocycles. The van der Waals surface area contributed by atoms with Crippen LogP contribution in [-0.4, -0.2) is 12.4 Å². The highest BCUT2D eigenvalue weighted by molar-refractivity contribution is 6.06. The van der Waals surface area contributed by atoms with E-state index in [0.717, 1.165) is 5.56 Å². The van der Waals surface area contributed by atoms with Crippen LogP contribution in [-0.2, 0) is 0 Å². The van der Waals surface area contributed by atoms with Crippen molar-refractivity contribution in [2.24, 2.45) is 0 Å². The smallest absolute Gasteiger partial charge is 0.185 e. The molecule has 0 aliphatic rings. The van der Waals surface area contributed by atoms with Crippen LogP contribution in [0.15, 0.2) is 54.6 Å². The summed E-state index contributed by atoms with van der Waals surface area (Å²) in [6, 6.07) is 14.3. The van der Waals surface area contributed by atoms with Crippen molar-refractivity contribution in [2.75, 3.05) is 6.61 Å². The molecular formula is C17H12FNO2. The van der Waals surface area contributed by atoms with E-state index in [0.29, 0.717) is 11.3 Å². The second-order valence-corrected chi connectivity index (χ2v) is 4.22. The lowest BCUT2D eigenvalue weighted by Crippen LogP contribution is -1.96. The number of nitriles is 1. The first-order valence-corrected chi connectivity index (χ1v) is 6.27. The summed E-state index contributed by atoms with van der Waals surface area (Å²) in [5, 5.41) is 8.40. The summed E-state index contributed by atoms with van der Waals surface area (Å²) in [7, 11) is 0. The number of carbonyl (C=O) groups excluding carboxylic acids is 1. The number of hydrogen-bond donors (Lipinski definition) is 0. The lowest BCUT2D eigenvalue weighted by atomic mass is 10.1. The zero-order valence-corrected chi connectivity index (χ0v) is 11.1. The first-order chi connectivity index (χ1) is 10.2. The van der Waals surface area contributed by atoms with Gasteiger partial charge in [-0.1, -0.05) is 18.2 Å². The van der Waals surface area contributed by atoms with Crippen LogP contribution in [0, 0.1) is 17.1 Å². The van der Waals surface area contributed by atoms with E-state index >= 15 is 0 Å². The summed E-state index contributed by atoms with van der Waals surface area (Å²) in [5.74, 6) is 0.0632. The van der Waals surface area contributed by atoms with Gasteiger partial charge in [0.05, 0.1) is 0 Å². The fourth-order valence-corrected chi connectivity index (χ4v) is 1.67. The summed E-state index contributed by atoms with van der Waals surface area (Å²) < 4.78 is 17.9. The fourth-order valence-electron chi connectivity index (χ4n) is 1.67. The Morgan fingerprint density at radius 3 is 2.43 bits per heavy atom. The van der Waals surface area contributed by atoms with Gasteiger partial charge in [0.1, 0.15) is 17.6 Å². The number of allylic oxidation sites excluding steroid dienone is 1. The molecule has 0 N–H and O–H groups in total. The molecule has 0 spiro atoms. The molecule has 0 unspecified atom stereocenters. The van der Waals surface area contributed by atoms with E-state index in [1.165, 1.54) is 18.2 Å². The van der Waals surface area contributed by atoms with Crippen molar-refractivity contribution < 1.29 is 13.9 Å². The second-order valence-electron chi connectivity index (χ2n) is 4.22.